The second-order valence-corrected chi connectivity index (χ2v) is 5.48. The lowest BCUT2D eigenvalue weighted by atomic mass is 10.2. The van der Waals surface area contributed by atoms with Gasteiger partial charge in [-0.3, -0.25) is 5.10 Å². The van der Waals surface area contributed by atoms with Crippen molar-refractivity contribution in [1.82, 2.24) is 20.2 Å². The number of aryl methyl sites for hydroxylation is 1. The SMILES string of the molecule is Cc1cc(NCc2[nH]nc3ccccc23)nc(C(C)C)n1. The second kappa shape index (κ2) is 5.52. The van der Waals surface area contributed by atoms with E-state index < -0.39 is 0 Å². The molecule has 0 amide bonds. The molecule has 0 unspecified atom stereocenters. The molecule has 5 heteroatoms. The summed E-state index contributed by atoms with van der Waals surface area (Å²) >= 11 is 0. The van der Waals surface area contributed by atoms with Crippen LogP contribution in [-0.4, -0.2) is 20.2 Å². The predicted molar refractivity (Wildman–Crippen MR) is 84.3 cm³/mol. The fourth-order valence-electron chi connectivity index (χ4n) is 2.27. The van der Waals surface area contributed by atoms with Crippen molar-refractivity contribution in [3.63, 3.8) is 0 Å². The van der Waals surface area contributed by atoms with E-state index >= 15 is 0 Å². The molecule has 0 saturated heterocycles. The Labute approximate surface area is 123 Å². The molecule has 0 aliphatic carbocycles. The Morgan fingerprint density at radius 1 is 1.19 bits per heavy atom. The van der Waals surface area contributed by atoms with Crippen molar-refractivity contribution in [3.8, 4) is 0 Å². The molecule has 21 heavy (non-hydrogen) atoms. The van der Waals surface area contributed by atoms with E-state index in [0.717, 1.165) is 33.9 Å². The Morgan fingerprint density at radius 3 is 2.81 bits per heavy atom. The Balaban J connectivity index is 1.81. The normalized spacial score (nSPS) is 11.2. The van der Waals surface area contributed by atoms with Gasteiger partial charge in [0.1, 0.15) is 11.6 Å². The summed E-state index contributed by atoms with van der Waals surface area (Å²) in [4.78, 5) is 9.01. The fourth-order valence-corrected chi connectivity index (χ4v) is 2.27. The standard InChI is InChI=1S/C16H19N5/c1-10(2)16-18-11(3)8-15(19-16)17-9-14-12-6-4-5-7-13(12)20-21-14/h4-8,10H,9H2,1-3H3,(H,20,21)(H,17,18,19). The molecular formula is C16H19N5. The van der Waals surface area contributed by atoms with Crippen molar-refractivity contribution in [2.24, 2.45) is 0 Å². The van der Waals surface area contributed by atoms with Crippen molar-refractivity contribution < 1.29 is 0 Å². The number of anilines is 1. The molecule has 108 valence electrons. The number of benzene rings is 1. The number of nitrogens with one attached hydrogen (secondary N) is 2. The summed E-state index contributed by atoms with van der Waals surface area (Å²) in [6.45, 7) is 6.85. The molecule has 1 aromatic carbocycles. The van der Waals surface area contributed by atoms with Crippen LogP contribution in [0, 0.1) is 6.92 Å². The Bertz CT molecular complexity index is 760. The number of fused-ring (bicyclic) bond motifs is 1. The van der Waals surface area contributed by atoms with Crippen molar-refractivity contribution in [1.29, 1.82) is 0 Å². The lowest BCUT2D eigenvalue weighted by Gasteiger charge is -2.09. The number of para-hydroxylation sites is 1. The summed E-state index contributed by atoms with van der Waals surface area (Å²) < 4.78 is 0. The van der Waals surface area contributed by atoms with Gasteiger partial charge in [0.05, 0.1) is 17.8 Å². The highest BCUT2D eigenvalue weighted by atomic mass is 15.1. The van der Waals surface area contributed by atoms with Crippen LogP contribution >= 0.6 is 0 Å². The Kier molecular flexibility index (Phi) is 3.56. The summed E-state index contributed by atoms with van der Waals surface area (Å²) in [7, 11) is 0. The molecule has 0 fully saturated rings. The van der Waals surface area contributed by atoms with Gasteiger partial charge in [0.2, 0.25) is 0 Å². The summed E-state index contributed by atoms with van der Waals surface area (Å²) in [5.41, 5.74) is 3.02. The van der Waals surface area contributed by atoms with Crippen LogP contribution in [0.4, 0.5) is 5.82 Å². The van der Waals surface area contributed by atoms with Crippen LogP contribution in [0.3, 0.4) is 0 Å². The molecule has 0 atom stereocenters. The van der Waals surface area contributed by atoms with E-state index in [2.05, 4.69) is 45.4 Å². The van der Waals surface area contributed by atoms with Gasteiger partial charge in [0, 0.05) is 23.1 Å². The first-order valence-corrected chi connectivity index (χ1v) is 7.15. The predicted octanol–water partition coefficient (Wildman–Crippen LogP) is 3.40. The minimum Gasteiger partial charge on any atom is -0.364 e. The molecular weight excluding hydrogens is 262 g/mol. The zero-order chi connectivity index (χ0) is 14.8. The van der Waals surface area contributed by atoms with Crippen LogP contribution in [0.1, 0.15) is 37.0 Å². The van der Waals surface area contributed by atoms with Gasteiger partial charge in [-0.15, -0.1) is 0 Å². The molecule has 2 heterocycles. The summed E-state index contributed by atoms with van der Waals surface area (Å²) in [5, 5.41) is 11.9. The third-order valence-corrected chi connectivity index (χ3v) is 3.37. The molecule has 0 spiro atoms. The van der Waals surface area contributed by atoms with Gasteiger partial charge in [0.25, 0.3) is 0 Å². The monoisotopic (exact) mass is 281 g/mol. The van der Waals surface area contributed by atoms with Gasteiger partial charge in [-0.1, -0.05) is 32.0 Å². The molecule has 3 rings (SSSR count). The van der Waals surface area contributed by atoms with Crippen LogP contribution in [0.15, 0.2) is 30.3 Å². The van der Waals surface area contributed by atoms with Crippen LogP contribution in [0.25, 0.3) is 10.9 Å². The fraction of sp³-hybridized carbons (Fsp3) is 0.312. The zero-order valence-corrected chi connectivity index (χ0v) is 12.5. The minimum absolute atomic E-state index is 0.318. The van der Waals surface area contributed by atoms with Crippen molar-refractivity contribution in [3.05, 3.63) is 47.5 Å². The van der Waals surface area contributed by atoms with E-state index in [0.29, 0.717) is 12.5 Å². The van der Waals surface area contributed by atoms with E-state index in [1.54, 1.807) is 0 Å². The van der Waals surface area contributed by atoms with Crippen molar-refractivity contribution >= 4 is 16.7 Å². The first-order chi connectivity index (χ1) is 10.1. The smallest absolute Gasteiger partial charge is 0.133 e. The number of nitrogens with zero attached hydrogens (tertiary/aromatic N) is 3. The van der Waals surface area contributed by atoms with Gasteiger partial charge < -0.3 is 5.32 Å². The van der Waals surface area contributed by atoms with E-state index in [1.165, 1.54) is 0 Å². The minimum atomic E-state index is 0.318. The number of H-pyrrole nitrogens is 1. The number of hydrogen-bond acceptors (Lipinski definition) is 4. The molecule has 3 aromatic rings. The Hall–Kier alpha value is -2.43. The van der Waals surface area contributed by atoms with Crippen molar-refractivity contribution in [2.45, 2.75) is 33.2 Å². The number of rotatable bonds is 4. The van der Waals surface area contributed by atoms with Gasteiger partial charge in [0.15, 0.2) is 0 Å². The van der Waals surface area contributed by atoms with Crippen molar-refractivity contribution in [2.75, 3.05) is 5.32 Å². The highest BCUT2D eigenvalue weighted by molar-refractivity contribution is 5.81. The van der Waals surface area contributed by atoms with E-state index in [1.807, 2.05) is 31.2 Å². The molecule has 0 radical (unpaired) electrons. The number of aromatic nitrogens is 4. The summed E-state index contributed by atoms with van der Waals surface area (Å²) in [5.74, 6) is 2.04. The molecule has 0 bridgehead atoms. The average Bonchev–Trinajstić information content (AvgIpc) is 2.88. The first kappa shape index (κ1) is 13.5. The first-order valence-electron chi connectivity index (χ1n) is 7.15. The second-order valence-electron chi connectivity index (χ2n) is 5.48. The van der Waals surface area contributed by atoms with Crippen LogP contribution in [0.2, 0.25) is 0 Å². The number of aromatic amines is 1. The average molecular weight is 281 g/mol. The highest BCUT2D eigenvalue weighted by Gasteiger charge is 2.08. The van der Waals surface area contributed by atoms with Gasteiger partial charge in [-0.05, 0) is 13.0 Å². The maximum absolute atomic E-state index is 4.56. The lowest BCUT2D eigenvalue weighted by molar-refractivity contribution is 0.766. The molecule has 0 aliphatic heterocycles. The largest absolute Gasteiger partial charge is 0.364 e. The maximum atomic E-state index is 4.56. The maximum Gasteiger partial charge on any atom is 0.133 e. The van der Waals surface area contributed by atoms with E-state index in [9.17, 15) is 0 Å². The quantitative estimate of drug-likeness (QED) is 0.769. The van der Waals surface area contributed by atoms with Crippen LogP contribution in [0.5, 0.6) is 0 Å². The van der Waals surface area contributed by atoms with Gasteiger partial charge in [-0.25, -0.2) is 9.97 Å². The highest BCUT2D eigenvalue weighted by Crippen LogP contribution is 2.17. The summed E-state index contributed by atoms with van der Waals surface area (Å²) in [6, 6.07) is 10.0. The molecule has 2 aromatic heterocycles. The lowest BCUT2D eigenvalue weighted by Crippen LogP contribution is -2.07. The zero-order valence-electron chi connectivity index (χ0n) is 12.5. The van der Waals surface area contributed by atoms with Gasteiger partial charge >= 0.3 is 0 Å². The molecule has 0 saturated carbocycles. The topological polar surface area (TPSA) is 66.5 Å². The number of hydrogen-bond donors (Lipinski definition) is 2. The molecule has 5 nitrogen and oxygen atoms in total. The Morgan fingerprint density at radius 2 is 2.00 bits per heavy atom. The van der Waals surface area contributed by atoms with E-state index in [-0.39, 0.29) is 0 Å². The van der Waals surface area contributed by atoms with Gasteiger partial charge in [-0.2, -0.15) is 5.10 Å². The van der Waals surface area contributed by atoms with E-state index in [4.69, 9.17) is 0 Å². The van der Waals surface area contributed by atoms with Crippen LogP contribution in [-0.2, 0) is 6.54 Å². The third-order valence-electron chi connectivity index (χ3n) is 3.37. The molecule has 2 N–H and O–H groups in total. The van der Waals surface area contributed by atoms with Crippen LogP contribution < -0.4 is 5.32 Å². The summed E-state index contributed by atoms with van der Waals surface area (Å²) in [6.07, 6.45) is 0. The molecule has 0 aliphatic rings. The third kappa shape index (κ3) is 2.86.